The molecular formula is C17H27N5O3. The summed E-state index contributed by atoms with van der Waals surface area (Å²) < 4.78 is 1.60. The number of likely N-dealkylation sites (tertiary alicyclic amines) is 1. The molecule has 2 heterocycles. The van der Waals surface area contributed by atoms with Gasteiger partial charge >= 0.3 is 5.69 Å². The summed E-state index contributed by atoms with van der Waals surface area (Å²) in [5, 5.41) is 18.0. The van der Waals surface area contributed by atoms with Crippen LogP contribution in [0, 0.1) is 16.0 Å². The third-order valence-corrected chi connectivity index (χ3v) is 5.30. The molecule has 0 unspecified atom stereocenters. The Morgan fingerprint density at radius 3 is 2.76 bits per heavy atom. The lowest BCUT2D eigenvalue weighted by molar-refractivity contribution is -0.385. The van der Waals surface area contributed by atoms with Crippen molar-refractivity contribution in [2.45, 2.75) is 57.5 Å². The summed E-state index contributed by atoms with van der Waals surface area (Å²) in [5.41, 5.74) is 0.0170. The predicted molar refractivity (Wildman–Crippen MR) is 93.1 cm³/mol. The Morgan fingerprint density at radius 1 is 1.24 bits per heavy atom. The van der Waals surface area contributed by atoms with Crippen LogP contribution in [0.4, 0.5) is 5.69 Å². The third-order valence-electron chi connectivity index (χ3n) is 5.30. The zero-order valence-electron chi connectivity index (χ0n) is 14.6. The molecule has 138 valence electrons. The molecule has 8 heteroatoms. The minimum Gasteiger partial charge on any atom is -0.353 e. The van der Waals surface area contributed by atoms with Gasteiger partial charge in [0.1, 0.15) is 12.4 Å². The highest BCUT2D eigenvalue weighted by atomic mass is 16.6. The van der Waals surface area contributed by atoms with Gasteiger partial charge in [-0.25, -0.2) is 0 Å². The number of amides is 1. The summed E-state index contributed by atoms with van der Waals surface area (Å²) >= 11 is 0. The number of aromatic nitrogens is 2. The minimum absolute atomic E-state index is 0.0170. The number of rotatable bonds is 6. The van der Waals surface area contributed by atoms with Crippen molar-refractivity contribution in [3.05, 3.63) is 22.5 Å². The highest BCUT2D eigenvalue weighted by Gasteiger charge is 2.27. The van der Waals surface area contributed by atoms with E-state index >= 15 is 0 Å². The normalized spacial score (nSPS) is 22.6. The van der Waals surface area contributed by atoms with Crippen molar-refractivity contribution in [2.75, 3.05) is 19.6 Å². The van der Waals surface area contributed by atoms with Crippen LogP contribution in [0.3, 0.4) is 0 Å². The lowest BCUT2D eigenvalue weighted by Gasteiger charge is -2.33. The monoisotopic (exact) mass is 349 g/mol. The molecule has 0 bridgehead atoms. The van der Waals surface area contributed by atoms with Crippen molar-refractivity contribution in [3.63, 3.8) is 0 Å². The van der Waals surface area contributed by atoms with Crippen molar-refractivity contribution in [1.29, 1.82) is 0 Å². The van der Waals surface area contributed by atoms with E-state index in [9.17, 15) is 14.9 Å². The van der Waals surface area contributed by atoms with Gasteiger partial charge in [0.15, 0.2) is 0 Å². The van der Waals surface area contributed by atoms with Gasteiger partial charge in [0, 0.05) is 19.1 Å². The molecule has 2 aliphatic rings. The fourth-order valence-corrected chi connectivity index (χ4v) is 3.85. The Hall–Kier alpha value is -1.96. The fraction of sp³-hybridized carbons (Fsp3) is 0.765. The quantitative estimate of drug-likeness (QED) is 0.626. The van der Waals surface area contributed by atoms with Gasteiger partial charge in [0.25, 0.3) is 0 Å². The van der Waals surface area contributed by atoms with E-state index in [4.69, 9.17) is 0 Å². The predicted octanol–water partition coefficient (Wildman–Crippen LogP) is 1.95. The second-order valence-electron chi connectivity index (χ2n) is 7.20. The van der Waals surface area contributed by atoms with Crippen LogP contribution in [0.15, 0.2) is 12.4 Å². The van der Waals surface area contributed by atoms with Gasteiger partial charge in [0.2, 0.25) is 5.91 Å². The minimum atomic E-state index is -0.434. The fourth-order valence-electron chi connectivity index (χ4n) is 3.85. The third kappa shape index (κ3) is 5.01. The van der Waals surface area contributed by atoms with Gasteiger partial charge in [0.05, 0.1) is 17.4 Å². The van der Waals surface area contributed by atoms with E-state index in [1.807, 2.05) is 0 Å². The molecule has 1 atom stereocenters. The van der Waals surface area contributed by atoms with Crippen LogP contribution in [0.1, 0.15) is 44.9 Å². The van der Waals surface area contributed by atoms with Crippen molar-refractivity contribution in [3.8, 4) is 0 Å². The molecular weight excluding hydrogens is 322 g/mol. The maximum Gasteiger partial charge on any atom is 0.306 e. The van der Waals surface area contributed by atoms with Gasteiger partial charge in [-0.3, -0.25) is 19.6 Å². The first kappa shape index (κ1) is 17.8. The molecule has 1 amide bonds. The molecule has 0 radical (unpaired) electrons. The SMILES string of the molecule is O=C(NC1CCCCC1)[C@@H]1CCCN(CCn2cc([N+](=O)[O-])cn2)C1. The Balaban J connectivity index is 1.45. The summed E-state index contributed by atoms with van der Waals surface area (Å²) in [6, 6.07) is 0.362. The molecule has 0 spiro atoms. The number of nitrogens with one attached hydrogen (secondary N) is 1. The summed E-state index contributed by atoms with van der Waals surface area (Å²) in [6.45, 7) is 3.09. The van der Waals surface area contributed by atoms with E-state index in [0.717, 1.165) is 45.3 Å². The largest absolute Gasteiger partial charge is 0.353 e. The molecule has 1 aliphatic heterocycles. The van der Waals surface area contributed by atoms with Crippen molar-refractivity contribution in [1.82, 2.24) is 20.0 Å². The Bertz CT molecular complexity index is 597. The molecule has 1 N–H and O–H groups in total. The summed E-state index contributed by atoms with van der Waals surface area (Å²) in [7, 11) is 0. The maximum atomic E-state index is 12.5. The molecule has 1 aromatic heterocycles. The van der Waals surface area contributed by atoms with Crippen LogP contribution < -0.4 is 5.32 Å². The van der Waals surface area contributed by atoms with Gasteiger partial charge in [-0.2, -0.15) is 5.10 Å². The van der Waals surface area contributed by atoms with Crippen LogP contribution in [-0.4, -0.2) is 51.2 Å². The van der Waals surface area contributed by atoms with E-state index in [-0.39, 0.29) is 17.5 Å². The number of hydrogen-bond acceptors (Lipinski definition) is 5. The van der Waals surface area contributed by atoms with E-state index < -0.39 is 4.92 Å². The molecule has 1 aromatic rings. The number of hydrogen-bond donors (Lipinski definition) is 1. The average Bonchev–Trinajstić information content (AvgIpc) is 3.10. The molecule has 0 aromatic carbocycles. The van der Waals surface area contributed by atoms with E-state index in [1.165, 1.54) is 31.7 Å². The summed E-state index contributed by atoms with van der Waals surface area (Å²) in [6.07, 6.45) is 10.6. The number of carbonyl (C=O) groups is 1. The van der Waals surface area contributed by atoms with Gasteiger partial charge < -0.3 is 10.2 Å². The van der Waals surface area contributed by atoms with Crippen LogP contribution in [0.5, 0.6) is 0 Å². The second kappa shape index (κ2) is 8.42. The van der Waals surface area contributed by atoms with E-state index in [2.05, 4.69) is 15.3 Å². The van der Waals surface area contributed by atoms with Crippen molar-refractivity contribution >= 4 is 11.6 Å². The molecule has 1 saturated carbocycles. The number of carbonyl (C=O) groups excluding carboxylic acids is 1. The van der Waals surface area contributed by atoms with Crippen molar-refractivity contribution in [2.24, 2.45) is 5.92 Å². The highest BCUT2D eigenvalue weighted by Crippen LogP contribution is 2.20. The lowest BCUT2D eigenvalue weighted by atomic mass is 9.93. The number of piperidine rings is 1. The first-order valence-corrected chi connectivity index (χ1v) is 9.31. The zero-order chi connectivity index (χ0) is 17.6. The van der Waals surface area contributed by atoms with Crippen LogP contribution in [-0.2, 0) is 11.3 Å². The van der Waals surface area contributed by atoms with Crippen LogP contribution in [0.2, 0.25) is 0 Å². The maximum absolute atomic E-state index is 12.5. The number of nitro groups is 1. The average molecular weight is 349 g/mol. The van der Waals surface area contributed by atoms with Gasteiger partial charge in [-0.15, -0.1) is 0 Å². The molecule has 2 fully saturated rings. The molecule has 1 saturated heterocycles. The lowest BCUT2D eigenvalue weighted by Crippen LogP contribution is -2.46. The summed E-state index contributed by atoms with van der Waals surface area (Å²) in [5.74, 6) is 0.258. The van der Waals surface area contributed by atoms with Gasteiger partial charge in [-0.05, 0) is 32.2 Å². The number of nitrogens with zero attached hydrogens (tertiary/aromatic N) is 4. The smallest absolute Gasteiger partial charge is 0.306 e. The van der Waals surface area contributed by atoms with Crippen LogP contribution in [0.25, 0.3) is 0 Å². The molecule has 1 aliphatic carbocycles. The standard InChI is InChI=1S/C17H27N5O3/c23-17(19-15-6-2-1-3-7-15)14-5-4-8-20(12-14)9-10-21-13-16(11-18-21)22(24)25/h11,13-15H,1-10,12H2,(H,19,23)/t14-/m1/s1. The van der Waals surface area contributed by atoms with Gasteiger partial charge in [-0.1, -0.05) is 19.3 Å². The van der Waals surface area contributed by atoms with Crippen molar-refractivity contribution < 1.29 is 9.72 Å². The van der Waals surface area contributed by atoms with E-state index in [0.29, 0.717) is 12.6 Å². The highest BCUT2D eigenvalue weighted by molar-refractivity contribution is 5.79. The Morgan fingerprint density at radius 2 is 2.04 bits per heavy atom. The zero-order valence-corrected chi connectivity index (χ0v) is 14.6. The first-order chi connectivity index (χ1) is 12.1. The second-order valence-corrected chi connectivity index (χ2v) is 7.20. The van der Waals surface area contributed by atoms with E-state index in [1.54, 1.807) is 4.68 Å². The Labute approximate surface area is 147 Å². The van der Waals surface area contributed by atoms with Crippen LogP contribution >= 0.6 is 0 Å². The summed E-state index contributed by atoms with van der Waals surface area (Å²) in [4.78, 5) is 25.1. The molecule has 25 heavy (non-hydrogen) atoms. The molecule has 3 rings (SSSR count). The molecule has 8 nitrogen and oxygen atoms in total. The first-order valence-electron chi connectivity index (χ1n) is 9.31. The topological polar surface area (TPSA) is 93.3 Å². The Kier molecular flexibility index (Phi) is 6.01.